The molecule has 3 atom stereocenters. The van der Waals surface area contributed by atoms with Gasteiger partial charge in [0.1, 0.15) is 0 Å². The number of carboxylic acids is 1. The number of halogens is 3. The highest BCUT2D eigenvalue weighted by atomic mass is 19.4. The summed E-state index contributed by atoms with van der Waals surface area (Å²) < 4.78 is 38.7. The number of hydrogen-bond acceptors (Lipinski definition) is 3. The molecule has 2 aliphatic rings. The second-order valence-corrected chi connectivity index (χ2v) is 7.79. The number of benzene rings is 1. The van der Waals surface area contributed by atoms with Crippen LogP contribution in [-0.2, 0) is 15.8 Å². The molecule has 1 aromatic carbocycles. The monoisotopic (exact) mass is 398 g/mol. The summed E-state index contributed by atoms with van der Waals surface area (Å²) in [6.07, 6.45) is -1.47. The molecular weight excluding hydrogens is 373 g/mol. The number of hydrogen-bond donors (Lipinski definition) is 1. The molecule has 0 radical (unpaired) electrons. The van der Waals surface area contributed by atoms with E-state index in [1.807, 2.05) is 0 Å². The van der Waals surface area contributed by atoms with Crippen LogP contribution in [0.4, 0.5) is 13.2 Å². The molecule has 0 unspecified atom stereocenters. The molecular formula is C20H25F3N2O3. The van der Waals surface area contributed by atoms with Crippen LogP contribution in [0.2, 0.25) is 0 Å². The smallest absolute Gasteiger partial charge is 0.416 e. The van der Waals surface area contributed by atoms with E-state index in [2.05, 4.69) is 0 Å². The van der Waals surface area contributed by atoms with Gasteiger partial charge in [0.05, 0.1) is 12.1 Å². The molecule has 154 valence electrons. The topological polar surface area (TPSA) is 60.9 Å². The van der Waals surface area contributed by atoms with Crippen molar-refractivity contribution < 1.29 is 27.9 Å². The molecule has 1 heterocycles. The van der Waals surface area contributed by atoms with Crippen LogP contribution in [0.15, 0.2) is 24.3 Å². The third kappa shape index (κ3) is 4.84. The van der Waals surface area contributed by atoms with Gasteiger partial charge >= 0.3 is 12.1 Å². The van der Waals surface area contributed by atoms with Gasteiger partial charge in [0, 0.05) is 25.0 Å². The second-order valence-electron chi connectivity index (χ2n) is 7.79. The summed E-state index contributed by atoms with van der Waals surface area (Å²) in [7, 11) is 1.78. The standard InChI is InChI=1S/C20H25F3N2O3/c1-24(12-18(26)27)15-6-3-8-25(9-7-15)19(28)17-11-16(17)13-4-2-5-14(10-13)20(21,22)23/h2,4-5,10,15-17H,3,6-9,11-12H2,1H3,(H,26,27)/t15-,16-,17+/m1/s1. The van der Waals surface area contributed by atoms with Gasteiger partial charge in [-0.05, 0) is 50.3 Å². The van der Waals surface area contributed by atoms with Crippen molar-refractivity contribution in [2.24, 2.45) is 5.92 Å². The molecule has 1 aromatic rings. The molecule has 1 saturated heterocycles. The highest BCUT2D eigenvalue weighted by Crippen LogP contribution is 2.49. The van der Waals surface area contributed by atoms with Crippen LogP contribution in [0.5, 0.6) is 0 Å². The average Bonchev–Trinajstić information content (AvgIpc) is 3.43. The highest BCUT2D eigenvalue weighted by Gasteiger charge is 2.46. The first-order chi connectivity index (χ1) is 13.2. The average molecular weight is 398 g/mol. The molecule has 1 aliphatic carbocycles. The fourth-order valence-electron chi connectivity index (χ4n) is 4.10. The molecule has 3 rings (SSSR count). The Morgan fingerprint density at radius 2 is 2.00 bits per heavy atom. The molecule has 2 fully saturated rings. The van der Waals surface area contributed by atoms with Crippen LogP contribution >= 0.6 is 0 Å². The number of nitrogens with zero attached hydrogens (tertiary/aromatic N) is 2. The maximum absolute atomic E-state index is 12.9. The number of amides is 1. The molecule has 1 amide bonds. The SMILES string of the molecule is CN(CC(=O)O)[C@@H]1CCCN(C(=O)[C@H]2C[C@@H]2c2cccc(C(F)(F)F)c2)CC1. The Kier molecular flexibility index (Phi) is 5.98. The Balaban J connectivity index is 1.58. The number of alkyl halides is 3. The van der Waals surface area contributed by atoms with Gasteiger partial charge in [-0.2, -0.15) is 13.2 Å². The van der Waals surface area contributed by atoms with Gasteiger partial charge < -0.3 is 10.0 Å². The van der Waals surface area contributed by atoms with Crippen LogP contribution in [0.1, 0.15) is 42.7 Å². The minimum absolute atomic E-state index is 0.00366. The lowest BCUT2D eigenvalue weighted by Gasteiger charge is -2.25. The number of carboxylic acid groups (broad SMARTS) is 1. The normalized spacial score (nSPS) is 25.5. The van der Waals surface area contributed by atoms with E-state index < -0.39 is 17.7 Å². The Bertz CT molecular complexity index is 738. The lowest BCUT2D eigenvalue weighted by atomic mass is 10.0. The summed E-state index contributed by atoms with van der Waals surface area (Å²) in [6, 6.07) is 5.37. The maximum atomic E-state index is 12.9. The van der Waals surface area contributed by atoms with Crippen LogP contribution in [0.25, 0.3) is 0 Å². The summed E-state index contributed by atoms with van der Waals surface area (Å²) in [4.78, 5) is 27.3. The molecule has 28 heavy (non-hydrogen) atoms. The van der Waals surface area contributed by atoms with Gasteiger partial charge in [0.25, 0.3) is 0 Å². The minimum Gasteiger partial charge on any atom is -0.480 e. The predicted octanol–water partition coefficient (Wildman–Crippen LogP) is 3.21. The number of rotatable bonds is 5. The zero-order valence-corrected chi connectivity index (χ0v) is 15.8. The quantitative estimate of drug-likeness (QED) is 0.828. The van der Waals surface area contributed by atoms with Gasteiger partial charge in [-0.25, -0.2) is 0 Å². The van der Waals surface area contributed by atoms with E-state index in [9.17, 15) is 22.8 Å². The maximum Gasteiger partial charge on any atom is 0.416 e. The zero-order chi connectivity index (χ0) is 20.5. The summed E-state index contributed by atoms with van der Waals surface area (Å²) in [5, 5.41) is 8.94. The molecule has 0 bridgehead atoms. The minimum atomic E-state index is -4.38. The Hall–Kier alpha value is -2.09. The number of aliphatic carboxylic acids is 1. The Morgan fingerprint density at radius 3 is 2.68 bits per heavy atom. The van der Waals surface area contributed by atoms with Crippen molar-refractivity contribution in [1.82, 2.24) is 9.80 Å². The van der Waals surface area contributed by atoms with Crippen LogP contribution < -0.4 is 0 Å². The third-order valence-corrected chi connectivity index (χ3v) is 5.77. The highest BCUT2D eigenvalue weighted by molar-refractivity contribution is 5.83. The first-order valence-electron chi connectivity index (χ1n) is 9.55. The van der Waals surface area contributed by atoms with E-state index in [0.717, 1.165) is 25.0 Å². The summed E-state index contributed by atoms with van der Waals surface area (Å²) in [5.41, 5.74) is -0.107. The van der Waals surface area contributed by atoms with Crippen molar-refractivity contribution in [3.8, 4) is 0 Å². The number of carbonyl (C=O) groups excluding carboxylic acids is 1. The van der Waals surface area contributed by atoms with Crippen LogP contribution in [0.3, 0.4) is 0 Å². The summed E-state index contributed by atoms with van der Waals surface area (Å²) in [6.45, 7) is 1.14. The zero-order valence-electron chi connectivity index (χ0n) is 15.8. The molecule has 1 saturated carbocycles. The largest absolute Gasteiger partial charge is 0.480 e. The Labute approximate surface area is 162 Å². The summed E-state index contributed by atoms with van der Waals surface area (Å²) >= 11 is 0. The summed E-state index contributed by atoms with van der Waals surface area (Å²) in [5.74, 6) is -1.27. The number of likely N-dealkylation sites (N-methyl/N-ethyl adjacent to an activating group) is 1. The van der Waals surface area contributed by atoms with Gasteiger partial charge in [-0.3, -0.25) is 14.5 Å². The lowest BCUT2D eigenvalue weighted by Crippen LogP contribution is -2.37. The van der Waals surface area contributed by atoms with Crippen molar-refractivity contribution >= 4 is 11.9 Å². The Morgan fingerprint density at radius 1 is 1.25 bits per heavy atom. The lowest BCUT2D eigenvalue weighted by molar-refractivity contribution is -0.139. The van der Waals surface area contributed by atoms with Crippen molar-refractivity contribution in [2.75, 3.05) is 26.7 Å². The molecule has 1 aliphatic heterocycles. The first-order valence-corrected chi connectivity index (χ1v) is 9.55. The van der Waals surface area contributed by atoms with E-state index in [1.165, 1.54) is 6.07 Å². The van der Waals surface area contributed by atoms with E-state index >= 15 is 0 Å². The van der Waals surface area contributed by atoms with Crippen molar-refractivity contribution in [1.29, 1.82) is 0 Å². The van der Waals surface area contributed by atoms with E-state index in [1.54, 1.807) is 22.9 Å². The van der Waals surface area contributed by atoms with E-state index in [-0.39, 0.29) is 30.3 Å². The van der Waals surface area contributed by atoms with Crippen molar-refractivity contribution in [3.05, 3.63) is 35.4 Å². The molecule has 5 nitrogen and oxygen atoms in total. The number of likely N-dealkylation sites (tertiary alicyclic amines) is 1. The van der Waals surface area contributed by atoms with E-state index in [0.29, 0.717) is 31.5 Å². The third-order valence-electron chi connectivity index (χ3n) is 5.77. The van der Waals surface area contributed by atoms with Gasteiger partial charge in [0.15, 0.2) is 0 Å². The van der Waals surface area contributed by atoms with Gasteiger partial charge in [-0.15, -0.1) is 0 Å². The van der Waals surface area contributed by atoms with Crippen molar-refractivity contribution in [3.63, 3.8) is 0 Å². The molecule has 8 heteroatoms. The fraction of sp³-hybridized carbons (Fsp3) is 0.600. The fourth-order valence-corrected chi connectivity index (χ4v) is 4.10. The van der Waals surface area contributed by atoms with E-state index in [4.69, 9.17) is 5.11 Å². The first kappa shape index (κ1) is 20.6. The van der Waals surface area contributed by atoms with Gasteiger partial charge in [-0.1, -0.05) is 18.2 Å². The molecule has 0 aromatic heterocycles. The molecule has 1 N–H and O–H groups in total. The molecule has 0 spiro atoms. The predicted molar refractivity (Wildman–Crippen MR) is 96.8 cm³/mol. The van der Waals surface area contributed by atoms with Crippen LogP contribution in [-0.4, -0.2) is 59.5 Å². The van der Waals surface area contributed by atoms with Crippen LogP contribution in [0, 0.1) is 5.92 Å². The van der Waals surface area contributed by atoms with Gasteiger partial charge in [0.2, 0.25) is 5.91 Å². The van der Waals surface area contributed by atoms with Crippen molar-refractivity contribution in [2.45, 2.75) is 43.8 Å². The number of carbonyl (C=O) groups is 2. The second kappa shape index (κ2) is 8.11.